The van der Waals surface area contributed by atoms with Gasteiger partial charge in [0, 0.05) is 19.2 Å². The first-order valence-corrected chi connectivity index (χ1v) is 12.0. The molecule has 0 radical (unpaired) electrons. The van der Waals surface area contributed by atoms with Crippen molar-refractivity contribution in [1.29, 1.82) is 5.26 Å². The molecule has 35 heavy (non-hydrogen) atoms. The highest BCUT2D eigenvalue weighted by Gasteiger charge is 2.55. The number of anilines is 1. The van der Waals surface area contributed by atoms with E-state index < -0.39 is 51.1 Å². The molecule has 1 spiro atoms. The molecule has 2 aliphatic rings. The van der Waals surface area contributed by atoms with Gasteiger partial charge in [-0.3, -0.25) is 14.1 Å². The fourth-order valence-electron chi connectivity index (χ4n) is 4.03. The van der Waals surface area contributed by atoms with E-state index >= 15 is 0 Å². The second kappa shape index (κ2) is 8.24. The van der Waals surface area contributed by atoms with Crippen molar-refractivity contribution in [3.05, 3.63) is 58.1 Å². The van der Waals surface area contributed by atoms with E-state index in [0.29, 0.717) is 19.2 Å². The maximum Gasteiger partial charge on any atom is 0.301 e. The molecule has 2 aromatic carbocycles. The molecule has 0 atom stereocenters. The molecule has 0 amide bonds. The number of hydrogen-bond acceptors (Lipinski definition) is 6. The average Bonchev–Trinajstić information content (AvgIpc) is 3.60. The van der Waals surface area contributed by atoms with Crippen LogP contribution in [0.2, 0.25) is 0 Å². The minimum absolute atomic E-state index is 0.0167. The fraction of sp³-hybridized carbons (Fsp3) is 0.318. The molecule has 13 heteroatoms. The quantitative estimate of drug-likeness (QED) is 0.528. The minimum atomic E-state index is -4.10. The van der Waals surface area contributed by atoms with Crippen LogP contribution < -0.4 is 15.0 Å². The van der Waals surface area contributed by atoms with Crippen molar-refractivity contribution in [1.82, 2.24) is 13.9 Å². The summed E-state index contributed by atoms with van der Waals surface area (Å²) < 4.78 is 77.0. The topological polar surface area (TPSA) is 117 Å². The first-order chi connectivity index (χ1) is 16.7. The monoisotopic (exact) mass is 505 g/mol. The van der Waals surface area contributed by atoms with Gasteiger partial charge in [0.15, 0.2) is 11.6 Å². The first-order valence-electron chi connectivity index (χ1n) is 10.6. The highest BCUT2D eigenvalue weighted by molar-refractivity contribution is 7.90. The molecule has 0 bridgehead atoms. The number of halogens is 3. The van der Waals surface area contributed by atoms with Gasteiger partial charge in [0.1, 0.15) is 24.1 Å². The normalized spacial score (nSPS) is 16.6. The lowest BCUT2D eigenvalue weighted by Gasteiger charge is -2.38. The van der Waals surface area contributed by atoms with E-state index in [-0.39, 0.29) is 28.6 Å². The van der Waals surface area contributed by atoms with Gasteiger partial charge >= 0.3 is 10.2 Å². The number of aromatic nitrogens is 2. The van der Waals surface area contributed by atoms with Crippen molar-refractivity contribution < 1.29 is 26.3 Å². The van der Waals surface area contributed by atoms with Gasteiger partial charge in [0.2, 0.25) is 5.82 Å². The molecule has 1 aromatic heterocycles. The highest BCUT2D eigenvalue weighted by atomic mass is 32.2. The molecule has 182 valence electrons. The number of rotatable bonds is 7. The van der Waals surface area contributed by atoms with Crippen molar-refractivity contribution in [2.24, 2.45) is 5.41 Å². The van der Waals surface area contributed by atoms with Crippen molar-refractivity contribution >= 4 is 26.8 Å². The van der Waals surface area contributed by atoms with Crippen LogP contribution in [0.3, 0.4) is 0 Å². The number of nitrogens with one attached hydrogen (secondary N) is 1. The molecular weight excluding hydrogens is 487 g/mol. The van der Waals surface area contributed by atoms with E-state index in [1.54, 1.807) is 6.07 Å². The van der Waals surface area contributed by atoms with Crippen molar-refractivity contribution in [3.63, 3.8) is 0 Å². The van der Waals surface area contributed by atoms with Crippen LogP contribution in [-0.2, 0) is 16.8 Å². The summed E-state index contributed by atoms with van der Waals surface area (Å²) in [5, 5.41) is 9.67. The first kappa shape index (κ1) is 23.1. The number of hydrogen-bond donors (Lipinski definition) is 1. The van der Waals surface area contributed by atoms with Gasteiger partial charge in [-0.25, -0.2) is 13.8 Å². The molecule has 2 heterocycles. The summed E-state index contributed by atoms with van der Waals surface area (Å²) in [5.41, 5.74) is -1.35. The van der Waals surface area contributed by atoms with Crippen LogP contribution in [0.4, 0.5) is 18.9 Å². The Balaban J connectivity index is 1.50. The van der Waals surface area contributed by atoms with Crippen LogP contribution in [0.15, 0.2) is 35.4 Å². The van der Waals surface area contributed by atoms with Crippen LogP contribution in [0.5, 0.6) is 11.5 Å². The minimum Gasteiger partial charge on any atom is -0.453 e. The van der Waals surface area contributed by atoms with E-state index in [1.165, 1.54) is 28.8 Å². The number of benzene rings is 2. The predicted octanol–water partition coefficient (Wildman–Crippen LogP) is 3.06. The van der Waals surface area contributed by atoms with Gasteiger partial charge in [-0.15, -0.1) is 0 Å². The highest BCUT2D eigenvalue weighted by Crippen LogP contribution is 2.53. The van der Waals surface area contributed by atoms with Gasteiger partial charge in [-0.1, -0.05) is 0 Å². The number of fused-ring (bicyclic) bond motifs is 1. The summed E-state index contributed by atoms with van der Waals surface area (Å²) in [6.45, 7) is -0.364. The zero-order chi connectivity index (χ0) is 25.0. The second-order valence-corrected chi connectivity index (χ2v) is 10.3. The summed E-state index contributed by atoms with van der Waals surface area (Å²) in [6.07, 6.45) is 3.06. The van der Waals surface area contributed by atoms with Crippen molar-refractivity contribution in [2.75, 3.05) is 24.5 Å². The zero-order valence-corrected chi connectivity index (χ0v) is 18.9. The van der Waals surface area contributed by atoms with Crippen LogP contribution in [0.25, 0.3) is 10.9 Å². The molecular formula is C22H18F3N5O4S. The third-order valence-electron chi connectivity index (χ3n) is 6.19. The Morgan fingerprint density at radius 1 is 1.23 bits per heavy atom. The molecule has 2 fully saturated rings. The summed E-state index contributed by atoms with van der Waals surface area (Å²) >= 11 is 0. The van der Waals surface area contributed by atoms with Gasteiger partial charge in [-0.05, 0) is 36.5 Å². The van der Waals surface area contributed by atoms with Crippen molar-refractivity contribution in [2.45, 2.75) is 19.4 Å². The van der Waals surface area contributed by atoms with Gasteiger partial charge < -0.3 is 4.74 Å². The average molecular weight is 505 g/mol. The third kappa shape index (κ3) is 4.08. The lowest BCUT2D eigenvalue weighted by molar-refractivity contribution is 0.180. The second-order valence-electron chi connectivity index (χ2n) is 8.62. The van der Waals surface area contributed by atoms with Crippen LogP contribution in [-0.4, -0.2) is 42.0 Å². The lowest BCUT2D eigenvalue weighted by Crippen LogP contribution is -2.53. The summed E-state index contributed by atoms with van der Waals surface area (Å²) in [7, 11) is -4.10. The van der Waals surface area contributed by atoms with Crippen LogP contribution in [0.1, 0.15) is 18.4 Å². The SMILES string of the molecule is N#Cc1c(NS(=O)(=O)N2CC3(CC3)C2)cc(F)c(F)c1Oc1ccc2ncn(CCF)c(=O)c2c1. The number of alkyl halides is 1. The van der Waals surface area contributed by atoms with Gasteiger partial charge in [0.05, 0.1) is 29.5 Å². The Bertz CT molecular complexity index is 1560. The smallest absolute Gasteiger partial charge is 0.301 e. The molecule has 1 aliphatic carbocycles. The van der Waals surface area contributed by atoms with E-state index in [2.05, 4.69) is 9.71 Å². The molecule has 3 aromatic rings. The van der Waals surface area contributed by atoms with E-state index in [1.807, 2.05) is 0 Å². The van der Waals surface area contributed by atoms with Crippen LogP contribution >= 0.6 is 0 Å². The Morgan fingerprint density at radius 3 is 2.63 bits per heavy atom. The summed E-state index contributed by atoms with van der Waals surface area (Å²) in [5.74, 6) is -3.93. The Kier molecular flexibility index (Phi) is 5.45. The molecule has 5 rings (SSSR count). The van der Waals surface area contributed by atoms with Gasteiger partial charge in [0.25, 0.3) is 5.56 Å². The molecule has 1 N–H and O–H groups in total. The number of ether oxygens (including phenoxy) is 1. The Morgan fingerprint density at radius 2 is 1.97 bits per heavy atom. The molecule has 1 saturated carbocycles. The number of aryl methyl sites for hydroxylation is 1. The molecule has 9 nitrogen and oxygen atoms in total. The van der Waals surface area contributed by atoms with E-state index in [4.69, 9.17) is 4.74 Å². The number of nitriles is 1. The fourth-order valence-corrected chi connectivity index (χ4v) is 5.48. The Labute approximate surface area is 197 Å². The molecule has 0 unspecified atom stereocenters. The third-order valence-corrected chi connectivity index (χ3v) is 7.60. The largest absolute Gasteiger partial charge is 0.453 e. The van der Waals surface area contributed by atoms with Crippen molar-refractivity contribution in [3.8, 4) is 17.6 Å². The molecule has 1 saturated heterocycles. The standard InChI is InChI=1S/C22H18F3N5O4S/c23-5-6-29-12-27-17-2-1-13(7-14(17)21(29)31)34-20-15(9-26)18(8-16(24)19(20)25)28-35(32,33)30-10-22(11-30)3-4-22/h1-2,7-8,12,28H,3-6,10-11H2. The van der Waals surface area contributed by atoms with E-state index in [0.717, 1.165) is 17.4 Å². The van der Waals surface area contributed by atoms with Gasteiger partial charge in [-0.2, -0.15) is 22.4 Å². The summed E-state index contributed by atoms with van der Waals surface area (Å²) in [6, 6.07) is 6.13. The Hall–Kier alpha value is -3.63. The summed E-state index contributed by atoms with van der Waals surface area (Å²) in [4.78, 5) is 16.6. The predicted molar refractivity (Wildman–Crippen MR) is 119 cm³/mol. The zero-order valence-electron chi connectivity index (χ0n) is 18.1. The lowest BCUT2D eigenvalue weighted by atomic mass is 10.0. The number of nitrogens with zero attached hydrogens (tertiary/aromatic N) is 4. The maximum atomic E-state index is 14.7. The maximum absolute atomic E-state index is 14.7. The van der Waals surface area contributed by atoms with E-state index in [9.17, 15) is 31.6 Å². The molecule has 1 aliphatic heterocycles. The van der Waals surface area contributed by atoms with Crippen LogP contribution in [0, 0.1) is 28.4 Å².